The summed E-state index contributed by atoms with van der Waals surface area (Å²) < 4.78 is 0. The average molecular weight is 456 g/mol. The van der Waals surface area contributed by atoms with E-state index in [1.165, 1.54) is 48.5 Å². The van der Waals surface area contributed by atoms with Gasteiger partial charge in [-0.15, -0.1) is 0 Å². The van der Waals surface area contributed by atoms with Crippen LogP contribution in [0.5, 0.6) is 0 Å². The number of rotatable bonds is 4. The molecule has 0 radical (unpaired) electrons. The van der Waals surface area contributed by atoms with Gasteiger partial charge in [-0.1, -0.05) is 34.4 Å². The van der Waals surface area contributed by atoms with Gasteiger partial charge >= 0.3 is 11.9 Å². The zero-order chi connectivity index (χ0) is 24.0. The third kappa shape index (κ3) is 3.21. The summed E-state index contributed by atoms with van der Waals surface area (Å²) in [7, 11) is 0. The first-order valence-electron chi connectivity index (χ1n) is 9.87. The highest BCUT2D eigenvalue weighted by Crippen LogP contribution is 2.25. The fourth-order valence-electron chi connectivity index (χ4n) is 3.51. The normalized spacial score (nSPS) is 14.2. The van der Waals surface area contributed by atoms with Gasteiger partial charge in [0.1, 0.15) is 0 Å². The first kappa shape index (κ1) is 20.8. The largest absolute Gasteiger partial charge is 0.363 e. The van der Waals surface area contributed by atoms with E-state index in [2.05, 4.69) is 0 Å². The number of hydrogen-bond donors (Lipinski definition) is 0. The Hall–Kier alpha value is -5.12. The van der Waals surface area contributed by atoms with Gasteiger partial charge in [0.2, 0.25) is 0 Å². The molecule has 0 fully saturated rings. The second kappa shape index (κ2) is 7.78. The zero-order valence-electron chi connectivity index (χ0n) is 17.1. The van der Waals surface area contributed by atoms with E-state index in [0.717, 1.165) is 0 Å². The summed E-state index contributed by atoms with van der Waals surface area (Å²) >= 11 is 0. The molecule has 3 aromatic rings. The van der Waals surface area contributed by atoms with Crippen molar-refractivity contribution < 1.29 is 38.4 Å². The summed E-state index contributed by atoms with van der Waals surface area (Å²) in [5, 5.41) is 0.745. The Labute approximate surface area is 190 Å². The van der Waals surface area contributed by atoms with Crippen LogP contribution in [0.1, 0.15) is 62.1 Å². The Balaban J connectivity index is 1.26. The lowest BCUT2D eigenvalue weighted by Gasteiger charge is -2.14. The first-order valence-corrected chi connectivity index (χ1v) is 9.87. The summed E-state index contributed by atoms with van der Waals surface area (Å²) in [4.78, 5) is 84.1. The summed E-state index contributed by atoms with van der Waals surface area (Å²) in [5.41, 5.74) is 0.346. The van der Waals surface area contributed by atoms with Crippen LogP contribution < -0.4 is 0 Å². The Morgan fingerprint density at radius 2 is 0.735 bits per heavy atom. The second-order valence-electron chi connectivity index (χ2n) is 7.24. The minimum Gasteiger partial charge on any atom is -0.324 e. The van der Waals surface area contributed by atoms with Gasteiger partial charge in [0.25, 0.3) is 23.6 Å². The monoisotopic (exact) mass is 456 g/mol. The van der Waals surface area contributed by atoms with Gasteiger partial charge in [0.15, 0.2) is 0 Å². The Kier molecular flexibility index (Phi) is 4.75. The molecule has 2 aliphatic rings. The minimum absolute atomic E-state index is 0.0613. The molecular formula is C24H12N2O8. The maximum Gasteiger partial charge on any atom is 0.363 e. The predicted molar refractivity (Wildman–Crippen MR) is 111 cm³/mol. The van der Waals surface area contributed by atoms with Crippen molar-refractivity contribution in [2.45, 2.75) is 0 Å². The van der Waals surface area contributed by atoms with Crippen molar-refractivity contribution in [2.75, 3.05) is 0 Å². The van der Waals surface area contributed by atoms with Gasteiger partial charge in [-0.25, -0.2) is 9.59 Å². The van der Waals surface area contributed by atoms with Gasteiger partial charge in [-0.2, -0.15) is 0 Å². The number of benzene rings is 3. The highest BCUT2D eigenvalue weighted by molar-refractivity contribution is 6.22. The molecule has 0 saturated heterocycles. The number of carbonyl (C=O) groups excluding carboxylic acids is 6. The molecule has 0 N–H and O–H groups in total. The Morgan fingerprint density at radius 3 is 1.00 bits per heavy atom. The maximum absolute atomic E-state index is 12.4. The van der Waals surface area contributed by atoms with Gasteiger partial charge in [-0.3, -0.25) is 19.2 Å². The number of fused-ring (bicyclic) bond motifs is 2. The molecule has 0 aliphatic carbocycles. The summed E-state index contributed by atoms with van der Waals surface area (Å²) in [6, 6.07) is 16.9. The number of imide groups is 2. The lowest BCUT2D eigenvalue weighted by Crippen LogP contribution is -2.33. The van der Waals surface area contributed by atoms with Gasteiger partial charge in [0.05, 0.1) is 33.4 Å². The van der Waals surface area contributed by atoms with E-state index in [1.807, 2.05) is 0 Å². The van der Waals surface area contributed by atoms with Crippen LogP contribution in [0.25, 0.3) is 0 Å². The van der Waals surface area contributed by atoms with Crippen LogP contribution in [0.15, 0.2) is 72.8 Å². The van der Waals surface area contributed by atoms with Crippen molar-refractivity contribution in [1.29, 1.82) is 0 Å². The molecule has 2 aliphatic heterocycles. The molecule has 3 aromatic carbocycles. The third-order valence-electron chi connectivity index (χ3n) is 5.22. The molecule has 0 spiro atoms. The molecule has 4 amide bonds. The molecule has 10 nitrogen and oxygen atoms in total. The average Bonchev–Trinajstić information content (AvgIpc) is 3.25. The van der Waals surface area contributed by atoms with Crippen LogP contribution in [-0.4, -0.2) is 45.7 Å². The van der Waals surface area contributed by atoms with E-state index in [1.54, 1.807) is 24.3 Å². The van der Waals surface area contributed by atoms with Gasteiger partial charge in [0, 0.05) is 0 Å². The van der Waals surface area contributed by atoms with Crippen LogP contribution in [-0.2, 0) is 9.68 Å². The molecule has 0 bridgehead atoms. The highest BCUT2D eigenvalue weighted by Gasteiger charge is 2.40. The van der Waals surface area contributed by atoms with Crippen LogP contribution in [0.3, 0.4) is 0 Å². The fourth-order valence-corrected chi connectivity index (χ4v) is 3.51. The first-order chi connectivity index (χ1) is 16.4. The second-order valence-corrected chi connectivity index (χ2v) is 7.24. The zero-order valence-corrected chi connectivity index (χ0v) is 17.1. The smallest absolute Gasteiger partial charge is 0.324 e. The molecule has 34 heavy (non-hydrogen) atoms. The van der Waals surface area contributed by atoms with Gasteiger partial charge in [-0.05, 0) is 48.5 Å². The standard InChI is InChI=1S/C24H12N2O8/c27-19-15-5-1-2-6-16(15)20(28)25(19)33-23(31)13-9-11-14(12-10-13)24(32)34-26-21(29)17-7-3-4-8-18(17)22(26)30/h1-12H. The predicted octanol–water partition coefficient (Wildman–Crippen LogP) is 2.42. The van der Waals surface area contributed by atoms with Crippen molar-refractivity contribution in [2.24, 2.45) is 0 Å². The minimum atomic E-state index is -1.00. The number of amides is 4. The summed E-state index contributed by atoms with van der Waals surface area (Å²) in [6.07, 6.45) is 0. The number of carbonyl (C=O) groups is 6. The Morgan fingerprint density at radius 1 is 0.471 bits per heavy atom. The molecule has 166 valence electrons. The van der Waals surface area contributed by atoms with Crippen LogP contribution >= 0.6 is 0 Å². The van der Waals surface area contributed by atoms with E-state index in [9.17, 15) is 28.8 Å². The van der Waals surface area contributed by atoms with Crippen molar-refractivity contribution >= 4 is 35.6 Å². The lowest BCUT2D eigenvalue weighted by atomic mass is 10.1. The fraction of sp³-hybridized carbons (Fsp3) is 0. The van der Waals surface area contributed by atoms with Crippen molar-refractivity contribution in [3.63, 3.8) is 0 Å². The third-order valence-corrected chi connectivity index (χ3v) is 5.22. The van der Waals surface area contributed by atoms with Crippen molar-refractivity contribution in [3.05, 3.63) is 106 Å². The van der Waals surface area contributed by atoms with E-state index >= 15 is 0 Å². The van der Waals surface area contributed by atoms with E-state index < -0.39 is 35.6 Å². The van der Waals surface area contributed by atoms with E-state index in [4.69, 9.17) is 9.68 Å². The topological polar surface area (TPSA) is 127 Å². The molecule has 5 rings (SSSR count). The maximum atomic E-state index is 12.4. The van der Waals surface area contributed by atoms with E-state index in [0.29, 0.717) is 10.1 Å². The molecule has 10 heteroatoms. The Bertz CT molecular complexity index is 1250. The lowest BCUT2D eigenvalue weighted by molar-refractivity contribution is -0.0587. The molecule has 2 heterocycles. The molecule has 0 aromatic heterocycles. The molecule has 0 saturated carbocycles. The molecule has 0 unspecified atom stereocenters. The molecule has 0 atom stereocenters. The number of hydroxylamine groups is 4. The quantitative estimate of drug-likeness (QED) is 0.548. The summed E-state index contributed by atoms with van der Waals surface area (Å²) in [6.45, 7) is 0. The number of hydrogen-bond acceptors (Lipinski definition) is 8. The van der Waals surface area contributed by atoms with Crippen LogP contribution in [0.4, 0.5) is 0 Å². The SMILES string of the molecule is O=C(ON1C(=O)c2ccccc2C1=O)c1ccc(C(=O)ON2C(=O)c3ccccc3C2=O)cc1. The van der Waals surface area contributed by atoms with Crippen molar-refractivity contribution in [3.8, 4) is 0 Å². The van der Waals surface area contributed by atoms with E-state index in [-0.39, 0.29) is 33.4 Å². The van der Waals surface area contributed by atoms with Crippen molar-refractivity contribution in [1.82, 2.24) is 10.1 Å². The van der Waals surface area contributed by atoms with Crippen LogP contribution in [0, 0.1) is 0 Å². The number of nitrogens with zero attached hydrogens (tertiary/aromatic N) is 2. The van der Waals surface area contributed by atoms with Gasteiger partial charge < -0.3 is 9.68 Å². The molecular weight excluding hydrogens is 444 g/mol. The van der Waals surface area contributed by atoms with Crippen LogP contribution in [0.2, 0.25) is 0 Å². The highest BCUT2D eigenvalue weighted by atomic mass is 16.7. The summed E-state index contributed by atoms with van der Waals surface area (Å²) in [5.74, 6) is -5.08.